The SMILES string of the molecule is CCOc1ccc(-c2nc(-c3cc(N4CCN(C)CC4)ccn3)cs2)cc1OCC.Cl.Cl. The summed E-state index contributed by atoms with van der Waals surface area (Å²) in [5.41, 5.74) is 4.04. The highest BCUT2D eigenvalue weighted by molar-refractivity contribution is 7.13. The van der Waals surface area contributed by atoms with Crippen LogP contribution in [0.4, 0.5) is 5.69 Å². The summed E-state index contributed by atoms with van der Waals surface area (Å²) in [6, 6.07) is 10.2. The Morgan fingerprint density at radius 3 is 2.34 bits per heavy atom. The fourth-order valence-corrected chi connectivity index (χ4v) is 4.34. The third-order valence-electron chi connectivity index (χ3n) is 5.17. The van der Waals surface area contributed by atoms with Crippen LogP contribution in [0.1, 0.15) is 13.8 Å². The highest BCUT2D eigenvalue weighted by Crippen LogP contribution is 2.35. The summed E-state index contributed by atoms with van der Waals surface area (Å²) in [6.45, 7) is 9.38. The van der Waals surface area contributed by atoms with Crippen LogP contribution in [-0.4, -0.2) is 61.3 Å². The number of piperazine rings is 1. The summed E-state index contributed by atoms with van der Waals surface area (Å²) in [5, 5.41) is 3.02. The highest BCUT2D eigenvalue weighted by atomic mass is 35.5. The van der Waals surface area contributed by atoms with Crippen LogP contribution < -0.4 is 14.4 Å². The van der Waals surface area contributed by atoms with E-state index in [1.807, 2.05) is 38.2 Å². The van der Waals surface area contributed by atoms with Crippen molar-refractivity contribution in [3.05, 3.63) is 41.9 Å². The topological polar surface area (TPSA) is 50.7 Å². The number of anilines is 1. The summed E-state index contributed by atoms with van der Waals surface area (Å²) in [5.74, 6) is 1.52. The average Bonchev–Trinajstić information content (AvgIpc) is 3.26. The standard InChI is InChI=1S/C23H28N4O2S.2ClH/c1-4-28-21-7-6-17(14-22(21)29-5-2)23-25-20(16-30-23)19-15-18(8-9-24-19)27-12-10-26(3)11-13-27;;/h6-9,14-16H,4-5,10-13H2,1-3H3;2*1H. The van der Waals surface area contributed by atoms with Gasteiger partial charge >= 0.3 is 0 Å². The third kappa shape index (κ3) is 6.04. The molecule has 32 heavy (non-hydrogen) atoms. The molecule has 0 saturated carbocycles. The van der Waals surface area contributed by atoms with E-state index in [0.29, 0.717) is 13.2 Å². The van der Waals surface area contributed by atoms with Crippen molar-refractivity contribution in [2.75, 3.05) is 51.3 Å². The van der Waals surface area contributed by atoms with Gasteiger partial charge in [-0.1, -0.05) is 0 Å². The summed E-state index contributed by atoms with van der Waals surface area (Å²) in [6.07, 6.45) is 1.88. The largest absolute Gasteiger partial charge is 0.490 e. The van der Waals surface area contributed by atoms with Gasteiger partial charge in [-0.3, -0.25) is 4.98 Å². The van der Waals surface area contributed by atoms with E-state index in [2.05, 4.69) is 39.3 Å². The number of pyridine rings is 1. The van der Waals surface area contributed by atoms with Gasteiger partial charge in [-0.25, -0.2) is 4.98 Å². The zero-order valence-electron chi connectivity index (χ0n) is 18.6. The van der Waals surface area contributed by atoms with Gasteiger partial charge in [0.1, 0.15) is 10.7 Å². The Bertz CT molecular complexity index is 994. The number of aromatic nitrogens is 2. The fraction of sp³-hybridized carbons (Fsp3) is 0.391. The van der Waals surface area contributed by atoms with Gasteiger partial charge in [-0.15, -0.1) is 36.2 Å². The van der Waals surface area contributed by atoms with Gasteiger partial charge in [-0.05, 0) is 51.2 Å². The highest BCUT2D eigenvalue weighted by Gasteiger charge is 2.16. The Hall–Kier alpha value is -2.06. The van der Waals surface area contributed by atoms with E-state index in [4.69, 9.17) is 14.5 Å². The Morgan fingerprint density at radius 1 is 0.906 bits per heavy atom. The zero-order chi connectivity index (χ0) is 20.9. The van der Waals surface area contributed by atoms with Crippen LogP contribution in [0.5, 0.6) is 11.5 Å². The first kappa shape index (κ1) is 26.2. The van der Waals surface area contributed by atoms with Crippen LogP contribution in [0.2, 0.25) is 0 Å². The van der Waals surface area contributed by atoms with Crippen molar-refractivity contribution in [2.45, 2.75) is 13.8 Å². The summed E-state index contributed by atoms with van der Waals surface area (Å²) >= 11 is 1.62. The molecule has 0 bridgehead atoms. The minimum Gasteiger partial charge on any atom is -0.490 e. The predicted molar refractivity (Wildman–Crippen MR) is 137 cm³/mol. The first-order chi connectivity index (χ1) is 14.7. The summed E-state index contributed by atoms with van der Waals surface area (Å²) in [4.78, 5) is 14.2. The number of nitrogens with zero attached hydrogens (tertiary/aromatic N) is 4. The van der Waals surface area contributed by atoms with Crippen LogP contribution >= 0.6 is 36.2 Å². The number of rotatable bonds is 7. The molecule has 6 nitrogen and oxygen atoms in total. The fourth-order valence-electron chi connectivity index (χ4n) is 3.53. The third-order valence-corrected chi connectivity index (χ3v) is 6.06. The van der Waals surface area contributed by atoms with E-state index in [-0.39, 0.29) is 24.8 Å². The van der Waals surface area contributed by atoms with Gasteiger partial charge in [0, 0.05) is 49.0 Å². The molecule has 4 rings (SSSR count). The van der Waals surface area contributed by atoms with E-state index >= 15 is 0 Å². The molecule has 1 aliphatic rings. The average molecular weight is 497 g/mol. The summed E-state index contributed by atoms with van der Waals surface area (Å²) < 4.78 is 11.4. The van der Waals surface area contributed by atoms with E-state index in [0.717, 1.165) is 59.6 Å². The molecular formula is C23H30Cl2N4O2S. The van der Waals surface area contributed by atoms with Crippen molar-refractivity contribution in [1.82, 2.24) is 14.9 Å². The lowest BCUT2D eigenvalue weighted by Crippen LogP contribution is -2.44. The molecule has 0 aliphatic carbocycles. The van der Waals surface area contributed by atoms with Crippen molar-refractivity contribution < 1.29 is 9.47 Å². The maximum atomic E-state index is 5.76. The number of ether oxygens (including phenoxy) is 2. The van der Waals surface area contributed by atoms with Crippen molar-refractivity contribution in [1.29, 1.82) is 0 Å². The number of hydrogen-bond donors (Lipinski definition) is 0. The normalized spacial score (nSPS) is 13.8. The number of likely N-dealkylation sites (N-methyl/N-ethyl adjacent to an activating group) is 1. The van der Waals surface area contributed by atoms with Crippen LogP contribution in [0.3, 0.4) is 0 Å². The quantitative estimate of drug-likeness (QED) is 0.444. The molecule has 3 aromatic rings. The molecule has 0 N–H and O–H groups in total. The second-order valence-corrected chi connectivity index (χ2v) is 8.11. The lowest BCUT2D eigenvalue weighted by Gasteiger charge is -2.34. The molecule has 0 unspecified atom stereocenters. The van der Waals surface area contributed by atoms with Crippen LogP contribution in [-0.2, 0) is 0 Å². The van der Waals surface area contributed by atoms with Crippen LogP contribution in [0.25, 0.3) is 22.0 Å². The number of hydrogen-bond acceptors (Lipinski definition) is 7. The molecule has 1 saturated heterocycles. The molecule has 3 heterocycles. The van der Waals surface area contributed by atoms with Gasteiger partial charge < -0.3 is 19.3 Å². The first-order valence-corrected chi connectivity index (χ1v) is 11.3. The van der Waals surface area contributed by atoms with Crippen molar-refractivity contribution in [3.63, 3.8) is 0 Å². The maximum Gasteiger partial charge on any atom is 0.161 e. The monoisotopic (exact) mass is 496 g/mol. The van der Waals surface area contributed by atoms with Crippen molar-refractivity contribution in [2.24, 2.45) is 0 Å². The molecule has 0 radical (unpaired) electrons. The molecule has 0 atom stereocenters. The van der Waals surface area contributed by atoms with E-state index in [1.165, 1.54) is 5.69 Å². The minimum atomic E-state index is 0. The number of benzene rings is 1. The Balaban J connectivity index is 0.00000181. The van der Waals surface area contributed by atoms with Crippen LogP contribution in [0, 0.1) is 0 Å². The number of thiazole rings is 1. The van der Waals surface area contributed by atoms with Crippen molar-refractivity contribution >= 4 is 41.8 Å². The van der Waals surface area contributed by atoms with Crippen molar-refractivity contribution in [3.8, 4) is 33.5 Å². The van der Waals surface area contributed by atoms with Gasteiger partial charge in [0.25, 0.3) is 0 Å². The van der Waals surface area contributed by atoms with E-state index in [9.17, 15) is 0 Å². The predicted octanol–water partition coefficient (Wildman–Crippen LogP) is 5.26. The molecule has 1 aliphatic heterocycles. The Labute approximate surface area is 206 Å². The first-order valence-electron chi connectivity index (χ1n) is 10.4. The molecule has 1 aromatic carbocycles. The summed E-state index contributed by atoms with van der Waals surface area (Å²) in [7, 11) is 2.17. The van der Waals surface area contributed by atoms with E-state index in [1.54, 1.807) is 11.3 Å². The number of halogens is 2. The maximum absolute atomic E-state index is 5.76. The second-order valence-electron chi connectivity index (χ2n) is 7.26. The smallest absolute Gasteiger partial charge is 0.161 e. The minimum absolute atomic E-state index is 0. The van der Waals surface area contributed by atoms with Gasteiger partial charge in [0.2, 0.25) is 0 Å². The second kappa shape index (κ2) is 12.3. The Kier molecular flexibility index (Phi) is 10.0. The van der Waals surface area contributed by atoms with E-state index < -0.39 is 0 Å². The molecule has 0 spiro atoms. The van der Waals surface area contributed by atoms with Crippen LogP contribution in [0.15, 0.2) is 41.9 Å². The molecule has 2 aromatic heterocycles. The Morgan fingerprint density at radius 2 is 1.62 bits per heavy atom. The van der Waals surface area contributed by atoms with Gasteiger partial charge in [0.05, 0.1) is 18.9 Å². The zero-order valence-corrected chi connectivity index (χ0v) is 21.1. The lowest BCUT2D eigenvalue weighted by molar-refractivity contribution is 0.288. The molecular weight excluding hydrogens is 467 g/mol. The lowest BCUT2D eigenvalue weighted by atomic mass is 10.2. The molecule has 9 heteroatoms. The molecule has 1 fully saturated rings. The van der Waals surface area contributed by atoms with Gasteiger partial charge in [0.15, 0.2) is 11.5 Å². The van der Waals surface area contributed by atoms with Gasteiger partial charge in [-0.2, -0.15) is 0 Å². The molecule has 0 amide bonds. The molecule has 174 valence electrons.